The van der Waals surface area contributed by atoms with E-state index in [0.29, 0.717) is 5.95 Å². The van der Waals surface area contributed by atoms with Gasteiger partial charge in [0, 0.05) is 18.1 Å². The Kier molecular flexibility index (Phi) is 3.44. The molecule has 0 atom stereocenters. The Morgan fingerprint density at radius 3 is 2.52 bits per heavy atom. The number of para-hydroxylation sites is 1. The SMILES string of the molecule is CNc1nc(Nc2ccc(C)cc2C)c2ccccc2n1. The minimum Gasteiger partial charge on any atom is -0.357 e. The van der Waals surface area contributed by atoms with Crippen molar-refractivity contribution in [1.82, 2.24) is 9.97 Å². The highest BCUT2D eigenvalue weighted by molar-refractivity contribution is 5.91. The predicted octanol–water partition coefficient (Wildman–Crippen LogP) is 4.03. The molecule has 0 bridgehead atoms. The summed E-state index contributed by atoms with van der Waals surface area (Å²) in [7, 11) is 1.82. The number of rotatable bonds is 3. The van der Waals surface area contributed by atoms with Crippen LogP contribution in [0.25, 0.3) is 10.9 Å². The maximum Gasteiger partial charge on any atom is 0.224 e. The van der Waals surface area contributed by atoms with Crippen LogP contribution in [0.3, 0.4) is 0 Å². The smallest absolute Gasteiger partial charge is 0.224 e. The molecule has 0 aliphatic heterocycles. The average molecular weight is 278 g/mol. The fourth-order valence-electron chi connectivity index (χ4n) is 2.37. The minimum absolute atomic E-state index is 0.612. The molecule has 0 spiro atoms. The zero-order chi connectivity index (χ0) is 14.8. The number of nitrogens with zero attached hydrogens (tertiary/aromatic N) is 2. The third-order valence-corrected chi connectivity index (χ3v) is 3.46. The van der Waals surface area contributed by atoms with Gasteiger partial charge in [0.1, 0.15) is 5.82 Å². The Morgan fingerprint density at radius 1 is 0.952 bits per heavy atom. The normalized spacial score (nSPS) is 10.6. The van der Waals surface area contributed by atoms with Crippen LogP contribution in [-0.4, -0.2) is 17.0 Å². The van der Waals surface area contributed by atoms with Crippen LogP contribution >= 0.6 is 0 Å². The topological polar surface area (TPSA) is 49.8 Å². The summed E-state index contributed by atoms with van der Waals surface area (Å²) in [4.78, 5) is 9.02. The summed E-state index contributed by atoms with van der Waals surface area (Å²) in [6.45, 7) is 4.19. The van der Waals surface area contributed by atoms with E-state index in [9.17, 15) is 0 Å². The number of aromatic nitrogens is 2. The molecular weight excluding hydrogens is 260 g/mol. The maximum atomic E-state index is 4.54. The Bertz CT molecular complexity index is 796. The molecule has 4 nitrogen and oxygen atoms in total. The molecule has 2 N–H and O–H groups in total. The third kappa shape index (κ3) is 2.65. The van der Waals surface area contributed by atoms with E-state index in [1.165, 1.54) is 11.1 Å². The first-order chi connectivity index (χ1) is 10.2. The lowest BCUT2D eigenvalue weighted by Crippen LogP contribution is -2.02. The monoisotopic (exact) mass is 278 g/mol. The van der Waals surface area contributed by atoms with Crippen LogP contribution in [0.5, 0.6) is 0 Å². The van der Waals surface area contributed by atoms with Crippen molar-refractivity contribution in [3.05, 3.63) is 53.6 Å². The van der Waals surface area contributed by atoms with Gasteiger partial charge in [-0.25, -0.2) is 4.98 Å². The Morgan fingerprint density at radius 2 is 1.76 bits per heavy atom. The molecule has 0 amide bonds. The second kappa shape index (κ2) is 5.40. The second-order valence-corrected chi connectivity index (χ2v) is 5.11. The van der Waals surface area contributed by atoms with Gasteiger partial charge in [-0.2, -0.15) is 4.98 Å². The van der Waals surface area contributed by atoms with Crippen LogP contribution in [0.2, 0.25) is 0 Å². The number of fused-ring (bicyclic) bond motifs is 1. The van der Waals surface area contributed by atoms with E-state index in [4.69, 9.17) is 0 Å². The number of aryl methyl sites for hydroxylation is 2. The first-order valence-electron chi connectivity index (χ1n) is 6.96. The Balaban J connectivity index is 2.10. The molecule has 3 aromatic rings. The second-order valence-electron chi connectivity index (χ2n) is 5.11. The largest absolute Gasteiger partial charge is 0.357 e. The fourth-order valence-corrected chi connectivity index (χ4v) is 2.37. The molecule has 21 heavy (non-hydrogen) atoms. The van der Waals surface area contributed by atoms with E-state index in [1.807, 2.05) is 31.3 Å². The summed E-state index contributed by atoms with van der Waals surface area (Å²) in [5.41, 5.74) is 4.43. The minimum atomic E-state index is 0.612. The highest BCUT2D eigenvalue weighted by Gasteiger charge is 2.08. The maximum absolute atomic E-state index is 4.54. The lowest BCUT2D eigenvalue weighted by molar-refractivity contribution is 1.19. The van der Waals surface area contributed by atoms with Gasteiger partial charge < -0.3 is 10.6 Å². The first-order valence-corrected chi connectivity index (χ1v) is 6.96. The van der Waals surface area contributed by atoms with Crippen molar-refractivity contribution in [2.24, 2.45) is 0 Å². The molecule has 0 radical (unpaired) electrons. The van der Waals surface area contributed by atoms with Crippen molar-refractivity contribution in [3.8, 4) is 0 Å². The van der Waals surface area contributed by atoms with E-state index in [-0.39, 0.29) is 0 Å². The average Bonchev–Trinajstić information content (AvgIpc) is 2.49. The molecule has 0 unspecified atom stereocenters. The standard InChI is InChI=1S/C17H18N4/c1-11-8-9-14(12(2)10-11)19-16-13-6-4-5-7-15(13)20-17(18-3)21-16/h4-10H,1-3H3,(H2,18,19,20,21). The van der Waals surface area contributed by atoms with Crippen molar-refractivity contribution in [2.45, 2.75) is 13.8 Å². The lowest BCUT2D eigenvalue weighted by atomic mass is 10.1. The number of benzene rings is 2. The zero-order valence-corrected chi connectivity index (χ0v) is 12.4. The number of nitrogens with one attached hydrogen (secondary N) is 2. The molecule has 0 fully saturated rings. The van der Waals surface area contributed by atoms with Gasteiger partial charge in [-0.1, -0.05) is 29.8 Å². The van der Waals surface area contributed by atoms with Gasteiger partial charge in [-0.15, -0.1) is 0 Å². The molecular formula is C17H18N4. The van der Waals surface area contributed by atoms with Crippen LogP contribution < -0.4 is 10.6 Å². The van der Waals surface area contributed by atoms with E-state index in [2.05, 4.69) is 52.6 Å². The van der Waals surface area contributed by atoms with Crippen LogP contribution in [0.15, 0.2) is 42.5 Å². The van der Waals surface area contributed by atoms with Gasteiger partial charge in [0.15, 0.2) is 0 Å². The number of hydrogen-bond acceptors (Lipinski definition) is 4. The van der Waals surface area contributed by atoms with Crippen LogP contribution in [-0.2, 0) is 0 Å². The molecule has 1 heterocycles. The Hall–Kier alpha value is -2.62. The van der Waals surface area contributed by atoms with Crippen LogP contribution in [0.1, 0.15) is 11.1 Å². The molecule has 2 aromatic carbocycles. The molecule has 0 aliphatic rings. The molecule has 3 rings (SSSR count). The molecule has 0 saturated heterocycles. The third-order valence-electron chi connectivity index (χ3n) is 3.46. The molecule has 0 aliphatic carbocycles. The summed E-state index contributed by atoms with van der Waals surface area (Å²) >= 11 is 0. The van der Waals surface area contributed by atoms with Crippen molar-refractivity contribution >= 4 is 28.4 Å². The zero-order valence-electron chi connectivity index (χ0n) is 12.4. The summed E-state index contributed by atoms with van der Waals surface area (Å²) < 4.78 is 0. The van der Waals surface area contributed by atoms with Crippen molar-refractivity contribution in [3.63, 3.8) is 0 Å². The van der Waals surface area contributed by atoms with Crippen LogP contribution in [0, 0.1) is 13.8 Å². The van der Waals surface area contributed by atoms with Gasteiger partial charge in [-0.05, 0) is 37.6 Å². The van der Waals surface area contributed by atoms with Gasteiger partial charge in [0.2, 0.25) is 5.95 Å². The number of hydrogen-bond donors (Lipinski definition) is 2. The molecule has 106 valence electrons. The van der Waals surface area contributed by atoms with E-state index >= 15 is 0 Å². The first kappa shape index (κ1) is 13.4. The van der Waals surface area contributed by atoms with Gasteiger partial charge in [-0.3, -0.25) is 0 Å². The van der Waals surface area contributed by atoms with Crippen molar-refractivity contribution in [1.29, 1.82) is 0 Å². The quantitative estimate of drug-likeness (QED) is 0.759. The molecule has 4 heteroatoms. The van der Waals surface area contributed by atoms with E-state index < -0.39 is 0 Å². The van der Waals surface area contributed by atoms with Crippen molar-refractivity contribution in [2.75, 3.05) is 17.7 Å². The summed E-state index contributed by atoms with van der Waals surface area (Å²) in [6, 6.07) is 14.3. The van der Waals surface area contributed by atoms with Crippen LogP contribution in [0.4, 0.5) is 17.5 Å². The van der Waals surface area contributed by atoms with Gasteiger partial charge in [0.25, 0.3) is 0 Å². The lowest BCUT2D eigenvalue weighted by Gasteiger charge is -2.13. The molecule has 0 saturated carbocycles. The Labute approximate surface area is 124 Å². The summed E-state index contributed by atoms with van der Waals surface area (Å²) in [5, 5.41) is 7.44. The van der Waals surface area contributed by atoms with E-state index in [1.54, 1.807) is 0 Å². The van der Waals surface area contributed by atoms with Crippen molar-refractivity contribution < 1.29 is 0 Å². The fraction of sp³-hybridized carbons (Fsp3) is 0.176. The molecule has 1 aromatic heterocycles. The van der Waals surface area contributed by atoms with Gasteiger partial charge >= 0.3 is 0 Å². The van der Waals surface area contributed by atoms with E-state index in [0.717, 1.165) is 22.4 Å². The number of anilines is 3. The highest BCUT2D eigenvalue weighted by Crippen LogP contribution is 2.26. The highest BCUT2D eigenvalue weighted by atomic mass is 15.1. The summed E-state index contributed by atoms with van der Waals surface area (Å²) in [5.74, 6) is 1.43. The van der Waals surface area contributed by atoms with Gasteiger partial charge in [0.05, 0.1) is 5.52 Å². The summed E-state index contributed by atoms with van der Waals surface area (Å²) in [6.07, 6.45) is 0. The predicted molar refractivity (Wildman–Crippen MR) is 88.3 cm³/mol.